The zero-order valence-corrected chi connectivity index (χ0v) is 13.4. The number of H-pyrrole nitrogens is 2. The molecule has 2 N–H and O–H groups in total. The number of aryl methyl sites for hydroxylation is 1. The summed E-state index contributed by atoms with van der Waals surface area (Å²) < 4.78 is 20.0. The van der Waals surface area contributed by atoms with Crippen LogP contribution in [0.2, 0.25) is 0 Å². The average molecular weight is 341 g/mol. The van der Waals surface area contributed by atoms with Gasteiger partial charge in [-0.1, -0.05) is 11.1 Å². The Morgan fingerprint density at radius 3 is 2.96 bits per heavy atom. The third-order valence-corrected chi connectivity index (χ3v) is 4.67. The van der Waals surface area contributed by atoms with E-state index in [2.05, 4.69) is 26.4 Å². The molecule has 0 fully saturated rings. The monoisotopic (exact) mass is 341 g/mol. The minimum absolute atomic E-state index is 0.272. The largest absolute Gasteiger partial charge is 0.350 e. The van der Waals surface area contributed by atoms with Crippen molar-refractivity contribution in [2.75, 3.05) is 0 Å². The summed E-state index contributed by atoms with van der Waals surface area (Å²) in [5.41, 5.74) is 1.36. The summed E-state index contributed by atoms with van der Waals surface area (Å²) in [6, 6.07) is 4.59. The van der Waals surface area contributed by atoms with Crippen LogP contribution in [-0.4, -0.2) is 24.4 Å². The van der Waals surface area contributed by atoms with Crippen LogP contribution in [0.1, 0.15) is 5.56 Å². The molecule has 0 radical (unpaired) electrons. The molecule has 0 bridgehead atoms. The molecular formula is C16H12FN5OS. The number of benzene rings is 1. The SMILES string of the molecule is C=c1nns/c1=c1\[nH][nH]c(=O)\c1=C/c1cn(C)c2ccc(F)cc12. The van der Waals surface area contributed by atoms with Crippen LogP contribution in [0, 0.1) is 15.7 Å². The molecule has 0 aliphatic rings. The van der Waals surface area contributed by atoms with E-state index < -0.39 is 0 Å². The van der Waals surface area contributed by atoms with Crippen LogP contribution in [0.15, 0.2) is 29.2 Å². The quantitative estimate of drug-likeness (QED) is 0.535. The summed E-state index contributed by atoms with van der Waals surface area (Å²) in [5.74, 6) is -0.321. The lowest BCUT2D eigenvalue weighted by molar-refractivity contribution is 0.629. The number of halogens is 1. The summed E-state index contributed by atoms with van der Waals surface area (Å²) in [6.07, 6.45) is 3.59. The fourth-order valence-electron chi connectivity index (χ4n) is 2.75. The average Bonchev–Trinajstić information content (AvgIpc) is 3.20. The smallest absolute Gasteiger partial charge is 0.271 e. The van der Waals surface area contributed by atoms with Gasteiger partial charge in [-0.3, -0.25) is 15.0 Å². The highest BCUT2D eigenvalue weighted by Gasteiger charge is 2.07. The second-order valence-corrected chi connectivity index (χ2v) is 6.17. The van der Waals surface area contributed by atoms with Crippen LogP contribution >= 0.6 is 11.5 Å². The molecule has 0 saturated heterocycles. The molecule has 6 nitrogen and oxygen atoms in total. The number of aromatic amines is 2. The lowest BCUT2D eigenvalue weighted by Crippen LogP contribution is -2.22. The fraction of sp³-hybridized carbons (Fsp3) is 0.0625. The fourth-order valence-corrected chi connectivity index (χ4v) is 3.37. The predicted octanol–water partition coefficient (Wildman–Crippen LogP) is 0.711. The number of hydrogen-bond donors (Lipinski definition) is 2. The minimum atomic E-state index is -0.321. The highest BCUT2D eigenvalue weighted by atomic mass is 32.1. The van der Waals surface area contributed by atoms with Crippen LogP contribution < -0.4 is 16.1 Å². The number of aromatic nitrogens is 5. The molecule has 1 aromatic carbocycles. The predicted molar refractivity (Wildman–Crippen MR) is 90.2 cm³/mol. The number of fused-ring (bicyclic) bond motifs is 1. The van der Waals surface area contributed by atoms with Gasteiger partial charge in [0.1, 0.15) is 15.7 Å². The maximum atomic E-state index is 13.6. The molecular weight excluding hydrogens is 329 g/mol. The first-order valence-corrected chi connectivity index (χ1v) is 7.86. The Hall–Kier alpha value is -3.00. The molecule has 3 aromatic heterocycles. The molecule has 0 aliphatic carbocycles. The molecule has 0 spiro atoms. The lowest BCUT2D eigenvalue weighted by Gasteiger charge is -1.94. The first-order valence-electron chi connectivity index (χ1n) is 7.09. The summed E-state index contributed by atoms with van der Waals surface area (Å²) >= 11 is 1.15. The number of hydrogen-bond acceptors (Lipinski definition) is 4. The first-order chi connectivity index (χ1) is 11.5. The van der Waals surface area contributed by atoms with Crippen LogP contribution in [0.4, 0.5) is 4.39 Å². The Bertz CT molecular complexity index is 1330. The van der Waals surface area contributed by atoms with Crippen LogP contribution in [0.5, 0.6) is 0 Å². The van der Waals surface area contributed by atoms with Crippen molar-refractivity contribution in [3.05, 3.63) is 66.6 Å². The van der Waals surface area contributed by atoms with Gasteiger partial charge in [-0.15, -0.1) is 5.10 Å². The second-order valence-electron chi connectivity index (χ2n) is 5.42. The van der Waals surface area contributed by atoms with Gasteiger partial charge in [-0.05, 0) is 35.8 Å². The number of nitrogens with one attached hydrogen (secondary N) is 2. The van der Waals surface area contributed by atoms with E-state index in [1.807, 2.05) is 17.8 Å². The van der Waals surface area contributed by atoms with E-state index in [1.54, 1.807) is 12.1 Å². The Kier molecular flexibility index (Phi) is 3.20. The third-order valence-electron chi connectivity index (χ3n) is 3.88. The Balaban J connectivity index is 2.16. The third kappa shape index (κ3) is 2.19. The molecule has 4 rings (SSSR count). The zero-order chi connectivity index (χ0) is 16.8. The van der Waals surface area contributed by atoms with E-state index in [9.17, 15) is 9.18 Å². The van der Waals surface area contributed by atoms with E-state index >= 15 is 0 Å². The summed E-state index contributed by atoms with van der Waals surface area (Å²) in [4.78, 5) is 12.2. The van der Waals surface area contributed by atoms with Crippen molar-refractivity contribution in [3.63, 3.8) is 0 Å². The second kappa shape index (κ2) is 5.27. The lowest BCUT2D eigenvalue weighted by atomic mass is 10.1. The normalized spacial score (nSPS) is 13.8. The Morgan fingerprint density at radius 2 is 2.21 bits per heavy atom. The van der Waals surface area contributed by atoms with Gasteiger partial charge in [0.05, 0.1) is 10.6 Å². The van der Waals surface area contributed by atoms with Crippen molar-refractivity contribution in [3.8, 4) is 0 Å². The van der Waals surface area contributed by atoms with Gasteiger partial charge in [0.15, 0.2) is 0 Å². The Morgan fingerprint density at radius 1 is 1.38 bits per heavy atom. The van der Waals surface area contributed by atoms with E-state index in [0.29, 0.717) is 20.4 Å². The maximum Gasteiger partial charge on any atom is 0.271 e. The number of nitrogens with zero attached hydrogens (tertiary/aromatic N) is 3. The molecule has 0 amide bonds. The van der Waals surface area contributed by atoms with Gasteiger partial charge in [0, 0.05) is 29.7 Å². The van der Waals surface area contributed by atoms with Crippen molar-refractivity contribution in [2.45, 2.75) is 0 Å². The summed E-state index contributed by atoms with van der Waals surface area (Å²) in [7, 11) is 1.88. The molecule has 0 unspecified atom stereocenters. The van der Waals surface area contributed by atoms with Crippen LogP contribution in [-0.2, 0) is 7.05 Å². The van der Waals surface area contributed by atoms with E-state index in [-0.39, 0.29) is 11.4 Å². The topological polar surface area (TPSA) is 79.4 Å². The molecule has 4 aromatic rings. The zero-order valence-electron chi connectivity index (χ0n) is 12.6. The standard InChI is InChI=1S/C16H12FN5OS/c1-8-15(24-21-18-8)14-12(16(23)20-19-14)5-9-7-22(2)13-4-3-10(17)6-11(9)13/h3-7,19H,1H2,2H3,(H,20,23)/b12-5-,15-14-. The molecule has 120 valence electrons. The van der Waals surface area contributed by atoms with Gasteiger partial charge in [0.25, 0.3) is 5.56 Å². The first kappa shape index (κ1) is 14.6. The molecule has 24 heavy (non-hydrogen) atoms. The van der Waals surface area contributed by atoms with Crippen molar-refractivity contribution in [1.29, 1.82) is 0 Å². The summed E-state index contributed by atoms with van der Waals surface area (Å²) in [5, 5.41) is 11.5. The Labute approximate surface area is 138 Å². The molecule has 8 heteroatoms. The van der Waals surface area contributed by atoms with Crippen molar-refractivity contribution in [2.24, 2.45) is 7.05 Å². The summed E-state index contributed by atoms with van der Waals surface area (Å²) in [6.45, 7) is 3.81. The molecule has 3 heterocycles. The van der Waals surface area contributed by atoms with Crippen LogP contribution in [0.3, 0.4) is 0 Å². The van der Waals surface area contributed by atoms with Gasteiger partial charge in [0.2, 0.25) is 0 Å². The van der Waals surface area contributed by atoms with E-state index in [4.69, 9.17) is 0 Å². The van der Waals surface area contributed by atoms with Gasteiger partial charge < -0.3 is 4.57 Å². The molecule has 0 aliphatic heterocycles. The maximum absolute atomic E-state index is 13.6. The van der Waals surface area contributed by atoms with E-state index in [1.165, 1.54) is 12.1 Å². The van der Waals surface area contributed by atoms with Crippen molar-refractivity contribution in [1.82, 2.24) is 24.4 Å². The highest BCUT2D eigenvalue weighted by Crippen LogP contribution is 2.22. The molecule has 0 atom stereocenters. The van der Waals surface area contributed by atoms with Crippen molar-refractivity contribution >= 4 is 35.1 Å². The minimum Gasteiger partial charge on any atom is -0.350 e. The molecule has 0 saturated carbocycles. The number of rotatable bonds is 1. The van der Waals surface area contributed by atoms with Gasteiger partial charge in [-0.25, -0.2) is 4.39 Å². The van der Waals surface area contributed by atoms with Crippen molar-refractivity contribution < 1.29 is 4.39 Å². The van der Waals surface area contributed by atoms with Gasteiger partial charge >= 0.3 is 0 Å². The highest BCUT2D eigenvalue weighted by molar-refractivity contribution is 7.03. The van der Waals surface area contributed by atoms with Gasteiger partial charge in [-0.2, -0.15) is 0 Å². The van der Waals surface area contributed by atoms with E-state index in [0.717, 1.165) is 28.0 Å². The van der Waals surface area contributed by atoms with Crippen LogP contribution in [0.25, 0.3) is 23.6 Å².